The summed E-state index contributed by atoms with van der Waals surface area (Å²) in [6.45, 7) is 8.09. The second-order valence-corrected chi connectivity index (χ2v) is 9.40. The summed E-state index contributed by atoms with van der Waals surface area (Å²) in [5, 5.41) is 10.6. The first-order chi connectivity index (χ1) is 15.2. The van der Waals surface area contributed by atoms with Crippen LogP contribution in [-0.4, -0.2) is 32.6 Å². The van der Waals surface area contributed by atoms with Gasteiger partial charge in [0.1, 0.15) is 5.01 Å². The number of hydrogen-bond acceptors (Lipinski definition) is 7. The van der Waals surface area contributed by atoms with Gasteiger partial charge in [-0.25, -0.2) is 4.98 Å². The van der Waals surface area contributed by atoms with Crippen LogP contribution >= 0.6 is 22.9 Å². The highest BCUT2D eigenvalue weighted by molar-refractivity contribution is 7.10. The van der Waals surface area contributed by atoms with E-state index >= 15 is 0 Å². The third-order valence-electron chi connectivity index (χ3n) is 5.03. The van der Waals surface area contributed by atoms with E-state index in [1.165, 1.54) is 0 Å². The lowest BCUT2D eigenvalue weighted by Gasteiger charge is -2.22. The fourth-order valence-corrected chi connectivity index (χ4v) is 4.19. The average Bonchev–Trinajstić information content (AvgIpc) is 3.43. The molecule has 32 heavy (non-hydrogen) atoms. The number of halogens is 1. The number of nitrogens with one attached hydrogen (secondary N) is 1. The Hall–Kier alpha value is -3.10. The highest BCUT2D eigenvalue weighted by atomic mass is 35.5. The number of carbonyl (C=O) groups excluding carboxylic acids is 1. The van der Waals surface area contributed by atoms with Gasteiger partial charge in [0, 0.05) is 52.3 Å². The van der Waals surface area contributed by atoms with Crippen molar-refractivity contribution in [2.45, 2.75) is 33.1 Å². The van der Waals surface area contributed by atoms with Gasteiger partial charge < -0.3 is 9.84 Å². The number of carbonyl (C=O) groups is 1. The highest BCUT2D eigenvalue weighted by Crippen LogP contribution is 2.30. The largest absolute Gasteiger partial charge is 0.351 e. The van der Waals surface area contributed by atoms with Crippen LogP contribution in [0.25, 0.3) is 22.6 Å². The van der Waals surface area contributed by atoms with Gasteiger partial charge in [0.2, 0.25) is 11.7 Å². The van der Waals surface area contributed by atoms with Gasteiger partial charge in [-0.2, -0.15) is 4.98 Å². The van der Waals surface area contributed by atoms with Crippen molar-refractivity contribution in [3.05, 3.63) is 69.1 Å². The summed E-state index contributed by atoms with van der Waals surface area (Å²) in [7, 11) is 0. The molecule has 1 aromatic carbocycles. The van der Waals surface area contributed by atoms with E-state index in [0.29, 0.717) is 34.4 Å². The Morgan fingerprint density at radius 1 is 1.19 bits per heavy atom. The van der Waals surface area contributed by atoms with E-state index in [2.05, 4.69) is 34.3 Å². The summed E-state index contributed by atoms with van der Waals surface area (Å²) >= 11 is 7.55. The standard InChI is InChI=1S/C23H22ClN5O2S/c1-13-18(20-27-14(2)31-29-20)9-16(10-25-13)21(30)26-12-23(3,4)22-28-19(11-32-22)15-5-7-17(24)8-6-15/h5-11H,12H2,1-4H3,(H,26,30). The van der Waals surface area contributed by atoms with E-state index in [1.807, 2.05) is 36.6 Å². The van der Waals surface area contributed by atoms with Crippen molar-refractivity contribution >= 4 is 28.8 Å². The van der Waals surface area contributed by atoms with Crippen molar-refractivity contribution in [3.8, 4) is 22.6 Å². The molecule has 0 saturated carbocycles. The lowest BCUT2D eigenvalue weighted by molar-refractivity contribution is 0.0945. The molecule has 9 heteroatoms. The summed E-state index contributed by atoms with van der Waals surface area (Å²) in [5.74, 6) is 0.652. The second-order valence-electron chi connectivity index (χ2n) is 8.11. The molecule has 4 rings (SSSR count). The predicted octanol–water partition coefficient (Wildman–Crippen LogP) is 5.23. The fraction of sp³-hybridized carbons (Fsp3) is 0.261. The molecule has 0 bridgehead atoms. The molecule has 7 nitrogen and oxygen atoms in total. The van der Waals surface area contributed by atoms with Gasteiger partial charge >= 0.3 is 0 Å². The minimum atomic E-state index is -0.350. The zero-order chi connectivity index (χ0) is 22.9. The molecule has 0 aliphatic carbocycles. The monoisotopic (exact) mass is 467 g/mol. The molecule has 0 aliphatic heterocycles. The first-order valence-electron chi connectivity index (χ1n) is 10.0. The Bertz CT molecular complexity index is 1260. The van der Waals surface area contributed by atoms with E-state index in [9.17, 15) is 4.79 Å². The number of pyridine rings is 1. The van der Waals surface area contributed by atoms with Gasteiger partial charge in [-0.15, -0.1) is 11.3 Å². The third kappa shape index (κ3) is 4.71. The summed E-state index contributed by atoms with van der Waals surface area (Å²) in [5.41, 5.74) is 3.37. The maximum absolute atomic E-state index is 12.8. The van der Waals surface area contributed by atoms with Gasteiger partial charge in [-0.1, -0.05) is 42.7 Å². The molecule has 3 heterocycles. The number of thiazole rings is 1. The quantitative estimate of drug-likeness (QED) is 0.417. The second kappa shape index (κ2) is 8.80. The minimum Gasteiger partial charge on any atom is -0.351 e. The lowest BCUT2D eigenvalue weighted by Crippen LogP contribution is -2.36. The van der Waals surface area contributed by atoms with Crippen LogP contribution in [0.1, 0.15) is 40.8 Å². The van der Waals surface area contributed by atoms with E-state index in [-0.39, 0.29) is 11.3 Å². The number of rotatable bonds is 6. The zero-order valence-corrected chi connectivity index (χ0v) is 19.7. The topological polar surface area (TPSA) is 93.8 Å². The third-order valence-corrected chi connectivity index (χ3v) is 6.49. The smallest absolute Gasteiger partial charge is 0.252 e. The molecule has 0 radical (unpaired) electrons. The van der Waals surface area contributed by atoms with Crippen molar-refractivity contribution in [1.82, 2.24) is 25.4 Å². The van der Waals surface area contributed by atoms with Crippen LogP contribution in [-0.2, 0) is 5.41 Å². The Kier molecular flexibility index (Phi) is 6.08. The minimum absolute atomic E-state index is 0.221. The highest BCUT2D eigenvalue weighted by Gasteiger charge is 2.26. The first-order valence-corrected chi connectivity index (χ1v) is 11.3. The number of aromatic nitrogens is 4. The van der Waals surface area contributed by atoms with E-state index < -0.39 is 0 Å². The molecule has 0 saturated heterocycles. The van der Waals surface area contributed by atoms with Crippen molar-refractivity contribution in [2.24, 2.45) is 0 Å². The molecule has 0 unspecified atom stereocenters. The van der Waals surface area contributed by atoms with E-state index in [0.717, 1.165) is 22.0 Å². The maximum atomic E-state index is 12.8. The number of amides is 1. The molecule has 4 aromatic rings. The van der Waals surface area contributed by atoms with Gasteiger partial charge in [0.05, 0.1) is 11.3 Å². The van der Waals surface area contributed by atoms with Crippen molar-refractivity contribution in [1.29, 1.82) is 0 Å². The number of nitrogens with zero attached hydrogens (tertiary/aromatic N) is 4. The normalized spacial score (nSPS) is 11.5. The van der Waals surface area contributed by atoms with Crippen molar-refractivity contribution < 1.29 is 9.32 Å². The molecule has 3 aromatic heterocycles. The first kappa shape index (κ1) is 22.1. The van der Waals surface area contributed by atoms with Crippen molar-refractivity contribution in [3.63, 3.8) is 0 Å². The fourth-order valence-electron chi connectivity index (χ4n) is 3.11. The summed E-state index contributed by atoms with van der Waals surface area (Å²) in [6.07, 6.45) is 1.55. The van der Waals surface area contributed by atoms with Gasteiger partial charge in [0.15, 0.2) is 0 Å². The summed E-state index contributed by atoms with van der Waals surface area (Å²) in [4.78, 5) is 26.2. The number of benzene rings is 1. The Balaban J connectivity index is 1.47. The molecule has 0 spiro atoms. The molecule has 0 atom stereocenters. The average molecular weight is 468 g/mol. The van der Waals surface area contributed by atoms with Gasteiger partial charge in [0.25, 0.3) is 5.91 Å². The summed E-state index contributed by atoms with van der Waals surface area (Å²) < 4.78 is 5.05. The lowest BCUT2D eigenvalue weighted by atomic mass is 9.94. The maximum Gasteiger partial charge on any atom is 0.252 e. The van der Waals surface area contributed by atoms with Crippen LogP contribution in [0, 0.1) is 13.8 Å². The number of aryl methyl sites for hydroxylation is 2. The SMILES string of the molecule is Cc1nc(-c2cc(C(=O)NCC(C)(C)c3nc(-c4ccc(Cl)cc4)cs3)cnc2C)no1. The summed E-state index contributed by atoms with van der Waals surface area (Å²) in [6, 6.07) is 9.32. The molecule has 0 fully saturated rings. The molecule has 0 aliphatic rings. The van der Waals surface area contributed by atoms with Crippen LogP contribution in [0.2, 0.25) is 5.02 Å². The molecule has 1 amide bonds. The van der Waals surface area contributed by atoms with Gasteiger partial charge in [-0.05, 0) is 25.1 Å². The van der Waals surface area contributed by atoms with Crippen LogP contribution in [0.3, 0.4) is 0 Å². The molecule has 164 valence electrons. The van der Waals surface area contributed by atoms with E-state index in [4.69, 9.17) is 21.1 Å². The van der Waals surface area contributed by atoms with E-state index in [1.54, 1.807) is 30.5 Å². The van der Waals surface area contributed by atoms with Crippen LogP contribution in [0.5, 0.6) is 0 Å². The van der Waals surface area contributed by atoms with Crippen molar-refractivity contribution in [2.75, 3.05) is 6.54 Å². The Morgan fingerprint density at radius 3 is 2.62 bits per heavy atom. The number of hydrogen-bond donors (Lipinski definition) is 1. The van der Waals surface area contributed by atoms with Crippen LogP contribution < -0.4 is 5.32 Å². The Labute approximate surface area is 194 Å². The Morgan fingerprint density at radius 2 is 1.94 bits per heavy atom. The zero-order valence-electron chi connectivity index (χ0n) is 18.1. The molecular formula is C23H22ClN5O2S. The molecule has 1 N–H and O–H groups in total. The van der Waals surface area contributed by atoms with Crippen LogP contribution in [0.15, 0.2) is 46.4 Å². The van der Waals surface area contributed by atoms with Gasteiger partial charge in [-0.3, -0.25) is 9.78 Å². The predicted molar refractivity (Wildman–Crippen MR) is 125 cm³/mol. The molecular weight excluding hydrogens is 446 g/mol. The van der Waals surface area contributed by atoms with Crippen LogP contribution in [0.4, 0.5) is 0 Å².